The molecular formula is C16H25NO. The van der Waals surface area contributed by atoms with Crippen molar-refractivity contribution in [3.8, 4) is 0 Å². The highest BCUT2D eigenvalue weighted by atomic mass is 16.5. The SMILES string of the molecule is CCNC(COCC)Cc1ccc2c(c1)CCC2. The quantitative estimate of drug-likeness (QED) is 0.800. The molecule has 0 aliphatic heterocycles. The van der Waals surface area contributed by atoms with E-state index in [0.717, 1.165) is 26.2 Å². The van der Waals surface area contributed by atoms with Crippen molar-refractivity contribution in [1.82, 2.24) is 5.32 Å². The third-order valence-corrected chi connectivity index (χ3v) is 3.66. The summed E-state index contributed by atoms with van der Waals surface area (Å²) in [4.78, 5) is 0. The van der Waals surface area contributed by atoms with Crippen molar-refractivity contribution in [2.24, 2.45) is 0 Å². The highest BCUT2D eigenvalue weighted by molar-refractivity contribution is 5.35. The summed E-state index contributed by atoms with van der Waals surface area (Å²) in [7, 11) is 0. The number of hydrogen-bond acceptors (Lipinski definition) is 2. The fourth-order valence-electron chi connectivity index (χ4n) is 2.78. The Kier molecular flexibility index (Phi) is 5.21. The zero-order chi connectivity index (χ0) is 12.8. The van der Waals surface area contributed by atoms with Crippen LogP contribution in [-0.2, 0) is 24.0 Å². The Hall–Kier alpha value is -0.860. The molecule has 0 amide bonds. The molecule has 1 aliphatic rings. The summed E-state index contributed by atoms with van der Waals surface area (Å²) in [5.74, 6) is 0. The van der Waals surface area contributed by atoms with Crippen molar-refractivity contribution >= 4 is 0 Å². The third-order valence-electron chi connectivity index (χ3n) is 3.66. The molecule has 0 saturated carbocycles. The Balaban J connectivity index is 1.97. The van der Waals surface area contributed by atoms with Crippen LogP contribution >= 0.6 is 0 Å². The molecule has 0 saturated heterocycles. The monoisotopic (exact) mass is 247 g/mol. The van der Waals surface area contributed by atoms with Crippen LogP contribution in [0.25, 0.3) is 0 Å². The van der Waals surface area contributed by atoms with E-state index in [1.807, 2.05) is 0 Å². The first-order valence-corrected chi connectivity index (χ1v) is 7.25. The van der Waals surface area contributed by atoms with E-state index in [9.17, 15) is 0 Å². The predicted octanol–water partition coefficient (Wildman–Crippen LogP) is 2.73. The van der Waals surface area contributed by atoms with Crippen LogP contribution in [0.5, 0.6) is 0 Å². The minimum absolute atomic E-state index is 0.439. The highest BCUT2D eigenvalue weighted by Gasteiger charge is 2.13. The highest BCUT2D eigenvalue weighted by Crippen LogP contribution is 2.23. The lowest BCUT2D eigenvalue weighted by Crippen LogP contribution is -2.35. The fraction of sp³-hybridized carbons (Fsp3) is 0.625. The molecule has 0 radical (unpaired) electrons. The van der Waals surface area contributed by atoms with Crippen LogP contribution in [-0.4, -0.2) is 25.8 Å². The van der Waals surface area contributed by atoms with Gasteiger partial charge in [-0.2, -0.15) is 0 Å². The average Bonchev–Trinajstić information content (AvgIpc) is 2.83. The zero-order valence-corrected chi connectivity index (χ0v) is 11.7. The lowest BCUT2D eigenvalue weighted by Gasteiger charge is -2.18. The van der Waals surface area contributed by atoms with Gasteiger partial charge >= 0.3 is 0 Å². The second-order valence-corrected chi connectivity index (χ2v) is 5.07. The Labute approximate surface area is 111 Å². The van der Waals surface area contributed by atoms with E-state index in [0.29, 0.717) is 6.04 Å². The predicted molar refractivity (Wildman–Crippen MR) is 76.1 cm³/mol. The van der Waals surface area contributed by atoms with Crippen molar-refractivity contribution < 1.29 is 4.74 Å². The van der Waals surface area contributed by atoms with Crippen LogP contribution in [0.1, 0.15) is 37.0 Å². The molecule has 1 aliphatic carbocycles. The summed E-state index contributed by atoms with van der Waals surface area (Å²) < 4.78 is 5.55. The van der Waals surface area contributed by atoms with Crippen LogP contribution in [0.4, 0.5) is 0 Å². The standard InChI is InChI=1S/C16H25NO/c1-3-17-16(12-18-4-2)11-13-8-9-14-6-5-7-15(14)10-13/h8-10,16-17H,3-7,11-12H2,1-2H3. The van der Waals surface area contributed by atoms with Crippen molar-refractivity contribution in [3.63, 3.8) is 0 Å². The number of fused-ring (bicyclic) bond motifs is 1. The summed E-state index contributed by atoms with van der Waals surface area (Å²) in [6.07, 6.45) is 4.93. The Morgan fingerprint density at radius 1 is 1.22 bits per heavy atom. The Bertz CT molecular complexity index is 375. The topological polar surface area (TPSA) is 21.3 Å². The molecule has 2 heteroatoms. The number of hydrogen-bond donors (Lipinski definition) is 1. The summed E-state index contributed by atoms with van der Waals surface area (Å²) >= 11 is 0. The van der Waals surface area contributed by atoms with E-state index >= 15 is 0 Å². The Morgan fingerprint density at radius 3 is 2.83 bits per heavy atom. The molecule has 0 bridgehead atoms. The summed E-state index contributed by atoms with van der Waals surface area (Å²) in [5, 5.41) is 3.51. The second-order valence-electron chi connectivity index (χ2n) is 5.07. The molecule has 0 spiro atoms. The summed E-state index contributed by atoms with van der Waals surface area (Å²) in [6.45, 7) is 6.82. The number of nitrogens with one attached hydrogen (secondary N) is 1. The second kappa shape index (κ2) is 6.91. The van der Waals surface area contributed by atoms with Gasteiger partial charge in [-0.15, -0.1) is 0 Å². The van der Waals surface area contributed by atoms with Crippen LogP contribution < -0.4 is 5.32 Å². The van der Waals surface area contributed by atoms with Crippen LogP contribution in [0, 0.1) is 0 Å². The molecule has 1 aromatic carbocycles. The van der Waals surface area contributed by atoms with Gasteiger partial charge < -0.3 is 10.1 Å². The van der Waals surface area contributed by atoms with E-state index in [2.05, 4.69) is 37.4 Å². The minimum atomic E-state index is 0.439. The number of ether oxygens (including phenoxy) is 1. The number of likely N-dealkylation sites (N-methyl/N-ethyl adjacent to an activating group) is 1. The average molecular weight is 247 g/mol. The number of benzene rings is 1. The van der Waals surface area contributed by atoms with Crippen molar-refractivity contribution in [2.75, 3.05) is 19.8 Å². The van der Waals surface area contributed by atoms with Crippen molar-refractivity contribution in [2.45, 2.75) is 45.6 Å². The first-order valence-electron chi connectivity index (χ1n) is 7.25. The van der Waals surface area contributed by atoms with E-state index in [1.54, 1.807) is 11.1 Å². The number of aryl methyl sites for hydroxylation is 2. The molecule has 1 N–H and O–H groups in total. The molecule has 1 aromatic rings. The molecule has 2 rings (SSSR count). The van der Waals surface area contributed by atoms with Gasteiger partial charge in [-0.05, 0) is 55.8 Å². The third kappa shape index (κ3) is 3.56. The lowest BCUT2D eigenvalue weighted by molar-refractivity contribution is 0.123. The minimum Gasteiger partial charge on any atom is -0.380 e. The van der Waals surface area contributed by atoms with Crippen molar-refractivity contribution in [1.29, 1.82) is 0 Å². The van der Waals surface area contributed by atoms with Gasteiger partial charge in [0, 0.05) is 12.6 Å². The zero-order valence-electron chi connectivity index (χ0n) is 11.7. The molecule has 1 atom stereocenters. The first-order chi connectivity index (χ1) is 8.83. The van der Waals surface area contributed by atoms with Gasteiger partial charge in [0.15, 0.2) is 0 Å². The van der Waals surface area contributed by atoms with Gasteiger partial charge in [-0.25, -0.2) is 0 Å². The lowest BCUT2D eigenvalue weighted by atomic mass is 10.0. The molecular weight excluding hydrogens is 222 g/mol. The first kappa shape index (κ1) is 13.6. The van der Waals surface area contributed by atoms with Gasteiger partial charge in [0.05, 0.1) is 6.61 Å². The molecule has 2 nitrogen and oxygen atoms in total. The van der Waals surface area contributed by atoms with Gasteiger partial charge in [0.2, 0.25) is 0 Å². The molecule has 0 aromatic heterocycles. The van der Waals surface area contributed by atoms with Crippen LogP contribution in [0.3, 0.4) is 0 Å². The fourth-order valence-corrected chi connectivity index (χ4v) is 2.78. The maximum absolute atomic E-state index is 5.55. The molecule has 1 unspecified atom stereocenters. The Morgan fingerprint density at radius 2 is 2.06 bits per heavy atom. The van der Waals surface area contributed by atoms with Gasteiger partial charge in [-0.3, -0.25) is 0 Å². The molecule has 0 heterocycles. The van der Waals surface area contributed by atoms with Gasteiger partial charge in [-0.1, -0.05) is 25.1 Å². The van der Waals surface area contributed by atoms with E-state index in [1.165, 1.54) is 24.8 Å². The van der Waals surface area contributed by atoms with Gasteiger partial charge in [0.1, 0.15) is 0 Å². The summed E-state index contributed by atoms with van der Waals surface area (Å²) in [5.41, 5.74) is 4.57. The van der Waals surface area contributed by atoms with E-state index in [-0.39, 0.29) is 0 Å². The van der Waals surface area contributed by atoms with Crippen LogP contribution in [0.2, 0.25) is 0 Å². The molecule has 0 fully saturated rings. The number of rotatable bonds is 7. The smallest absolute Gasteiger partial charge is 0.0622 e. The van der Waals surface area contributed by atoms with E-state index < -0.39 is 0 Å². The summed E-state index contributed by atoms with van der Waals surface area (Å²) in [6, 6.07) is 7.45. The maximum atomic E-state index is 5.55. The largest absolute Gasteiger partial charge is 0.380 e. The van der Waals surface area contributed by atoms with E-state index in [4.69, 9.17) is 4.74 Å². The molecule has 100 valence electrons. The molecule has 18 heavy (non-hydrogen) atoms. The maximum Gasteiger partial charge on any atom is 0.0622 e. The van der Waals surface area contributed by atoms with Crippen LogP contribution in [0.15, 0.2) is 18.2 Å². The van der Waals surface area contributed by atoms with Gasteiger partial charge in [0.25, 0.3) is 0 Å². The normalized spacial score (nSPS) is 15.7. The van der Waals surface area contributed by atoms with Crippen molar-refractivity contribution in [3.05, 3.63) is 34.9 Å².